The first-order valence-electron chi connectivity index (χ1n) is 4.34. The molecule has 1 heteroatoms. The maximum absolute atomic E-state index is 5.90. The first-order chi connectivity index (χ1) is 4.70. The fraction of sp³-hybridized carbons (Fsp3) is 1.00. The van der Waals surface area contributed by atoms with Crippen molar-refractivity contribution in [1.82, 2.24) is 0 Å². The molecule has 0 saturated heterocycles. The fourth-order valence-electron chi connectivity index (χ4n) is 1.71. The first-order valence-corrected chi connectivity index (χ1v) is 4.78. The van der Waals surface area contributed by atoms with E-state index in [1.165, 1.54) is 25.7 Å². The molecule has 60 valence electrons. The van der Waals surface area contributed by atoms with Crippen LogP contribution in [0.25, 0.3) is 0 Å². The minimum Gasteiger partial charge on any atom is -0.123 e. The molecule has 0 spiro atoms. The maximum atomic E-state index is 5.90. The van der Waals surface area contributed by atoms with Crippen LogP contribution in [0.3, 0.4) is 0 Å². The summed E-state index contributed by atoms with van der Waals surface area (Å²) in [5, 5.41) is 0.371. The van der Waals surface area contributed by atoms with Crippen molar-refractivity contribution in [3.8, 4) is 0 Å². The highest BCUT2D eigenvalue weighted by atomic mass is 35.5. The second-order valence-corrected chi connectivity index (χ2v) is 4.43. The molecule has 10 heavy (non-hydrogen) atoms. The van der Waals surface area contributed by atoms with Gasteiger partial charge < -0.3 is 0 Å². The first kappa shape index (κ1) is 8.39. The summed E-state index contributed by atoms with van der Waals surface area (Å²) < 4.78 is 0. The third-order valence-corrected chi connectivity index (χ3v) is 2.83. The van der Waals surface area contributed by atoms with E-state index in [1.54, 1.807) is 0 Å². The number of rotatable bonds is 3. The summed E-state index contributed by atoms with van der Waals surface area (Å²) in [6.45, 7) is 4.43. The Labute approximate surface area is 69.0 Å². The van der Waals surface area contributed by atoms with Crippen LogP contribution >= 0.6 is 11.6 Å². The van der Waals surface area contributed by atoms with Gasteiger partial charge in [0, 0.05) is 5.38 Å². The monoisotopic (exact) mass is 160 g/mol. The third kappa shape index (κ3) is 2.16. The number of hydrogen-bond acceptors (Lipinski definition) is 0. The zero-order chi connectivity index (χ0) is 7.56. The van der Waals surface area contributed by atoms with Gasteiger partial charge in [0.05, 0.1) is 0 Å². The van der Waals surface area contributed by atoms with Gasteiger partial charge in [-0.25, -0.2) is 0 Å². The summed E-state index contributed by atoms with van der Waals surface area (Å²) in [6, 6.07) is 0. The van der Waals surface area contributed by atoms with Gasteiger partial charge in [-0.3, -0.25) is 0 Å². The molecular formula is C9H17Cl. The zero-order valence-corrected chi connectivity index (χ0v) is 7.69. The maximum Gasteiger partial charge on any atom is 0.0310 e. The molecule has 0 aromatic rings. The molecule has 2 unspecified atom stereocenters. The topological polar surface area (TPSA) is 0 Å². The van der Waals surface area contributed by atoms with Crippen LogP contribution in [0, 0.1) is 11.8 Å². The van der Waals surface area contributed by atoms with Crippen LogP contribution < -0.4 is 0 Å². The van der Waals surface area contributed by atoms with Crippen LogP contribution in [-0.2, 0) is 0 Å². The Morgan fingerprint density at radius 2 is 2.00 bits per heavy atom. The lowest BCUT2D eigenvalue weighted by Crippen LogP contribution is -2.21. The molecule has 0 bridgehead atoms. The van der Waals surface area contributed by atoms with Gasteiger partial charge in [0.2, 0.25) is 0 Å². The van der Waals surface area contributed by atoms with Gasteiger partial charge in [0.25, 0.3) is 0 Å². The van der Waals surface area contributed by atoms with Crippen molar-refractivity contribution >= 4 is 11.6 Å². The van der Waals surface area contributed by atoms with Crippen LogP contribution in [0.4, 0.5) is 0 Å². The molecule has 1 rings (SSSR count). The van der Waals surface area contributed by atoms with Gasteiger partial charge in [-0.1, -0.05) is 26.2 Å². The van der Waals surface area contributed by atoms with E-state index in [1.807, 2.05) is 0 Å². The summed E-state index contributed by atoms with van der Waals surface area (Å²) in [4.78, 5) is 0. The lowest BCUT2D eigenvalue weighted by Gasteiger charge is -2.31. The molecule has 1 aliphatic rings. The van der Waals surface area contributed by atoms with Crippen molar-refractivity contribution < 1.29 is 0 Å². The van der Waals surface area contributed by atoms with Crippen molar-refractivity contribution in [2.24, 2.45) is 11.8 Å². The second kappa shape index (κ2) is 3.61. The highest BCUT2D eigenvalue weighted by Gasteiger charge is 2.24. The van der Waals surface area contributed by atoms with E-state index < -0.39 is 0 Å². The summed E-state index contributed by atoms with van der Waals surface area (Å²) >= 11 is 5.90. The minimum absolute atomic E-state index is 0.371. The average Bonchev–Trinajstić information content (AvgIpc) is 1.55. The summed E-state index contributed by atoms with van der Waals surface area (Å²) in [5.74, 6) is 1.86. The third-order valence-electron chi connectivity index (χ3n) is 2.65. The van der Waals surface area contributed by atoms with Crippen LogP contribution in [0.2, 0.25) is 0 Å². The Kier molecular flexibility index (Phi) is 3.03. The quantitative estimate of drug-likeness (QED) is 0.555. The van der Waals surface area contributed by atoms with Gasteiger partial charge in [0.15, 0.2) is 0 Å². The smallest absolute Gasteiger partial charge is 0.0310 e. The number of halogens is 1. The fourth-order valence-corrected chi connectivity index (χ4v) is 1.99. The van der Waals surface area contributed by atoms with E-state index in [9.17, 15) is 0 Å². The van der Waals surface area contributed by atoms with Gasteiger partial charge in [-0.15, -0.1) is 11.6 Å². The molecular weight excluding hydrogens is 144 g/mol. The van der Waals surface area contributed by atoms with E-state index >= 15 is 0 Å². The molecule has 2 atom stereocenters. The van der Waals surface area contributed by atoms with Crippen LogP contribution in [0.1, 0.15) is 39.5 Å². The number of alkyl halides is 1. The Hall–Kier alpha value is 0.290. The Balaban J connectivity index is 2.13. The van der Waals surface area contributed by atoms with Gasteiger partial charge >= 0.3 is 0 Å². The van der Waals surface area contributed by atoms with Gasteiger partial charge in [-0.2, -0.15) is 0 Å². The van der Waals surface area contributed by atoms with E-state index in [4.69, 9.17) is 11.6 Å². The molecule has 0 N–H and O–H groups in total. The van der Waals surface area contributed by atoms with Gasteiger partial charge in [0.1, 0.15) is 0 Å². The van der Waals surface area contributed by atoms with Crippen molar-refractivity contribution in [1.29, 1.82) is 0 Å². The van der Waals surface area contributed by atoms with Crippen molar-refractivity contribution in [3.05, 3.63) is 0 Å². The van der Waals surface area contributed by atoms with Gasteiger partial charge in [-0.05, 0) is 25.2 Å². The SMILES string of the molecule is CC(Cl)CC(C)C1CCC1. The standard InChI is InChI=1S/C9H17Cl/c1-7(6-8(2)10)9-4-3-5-9/h7-9H,3-6H2,1-2H3. The highest BCUT2D eigenvalue weighted by Crippen LogP contribution is 2.35. The molecule has 0 aromatic heterocycles. The average molecular weight is 161 g/mol. The van der Waals surface area contributed by atoms with E-state index in [2.05, 4.69) is 13.8 Å². The lowest BCUT2D eigenvalue weighted by molar-refractivity contribution is 0.210. The van der Waals surface area contributed by atoms with Crippen molar-refractivity contribution in [2.45, 2.75) is 44.9 Å². The summed E-state index contributed by atoms with van der Waals surface area (Å²) in [7, 11) is 0. The second-order valence-electron chi connectivity index (χ2n) is 3.68. The Morgan fingerprint density at radius 3 is 2.30 bits per heavy atom. The molecule has 1 aliphatic carbocycles. The molecule has 0 nitrogen and oxygen atoms in total. The van der Waals surface area contributed by atoms with E-state index in [-0.39, 0.29) is 0 Å². The normalized spacial score (nSPS) is 25.5. The van der Waals surface area contributed by atoms with E-state index in [0.29, 0.717) is 5.38 Å². The minimum atomic E-state index is 0.371. The lowest BCUT2D eigenvalue weighted by atomic mass is 9.75. The van der Waals surface area contributed by atoms with Crippen LogP contribution in [-0.4, -0.2) is 5.38 Å². The Morgan fingerprint density at radius 1 is 1.40 bits per heavy atom. The van der Waals surface area contributed by atoms with Crippen molar-refractivity contribution in [3.63, 3.8) is 0 Å². The van der Waals surface area contributed by atoms with Crippen LogP contribution in [0.5, 0.6) is 0 Å². The Bertz CT molecular complexity index is 94.9. The van der Waals surface area contributed by atoms with Crippen LogP contribution in [0.15, 0.2) is 0 Å². The number of hydrogen-bond donors (Lipinski definition) is 0. The molecule has 0 aromatic carbocycles. The molecule has 0 amide bonds. The predicted molar refractivity (Wildman–Crippen MR) is 46.4 cm³/mol. The highest BCUT2D eigenvalue weighted by molar-refractivity contribution is 6.20. The van der Waals surface area contributed by atoms with Crippen molar-refractivity contribution in [2.75, 3.05) is 0 Å². The molecule has 1 saturated carbocycles. The zero-order valence-electron chi connectivity index (χ0n) is 6.94. The van der Waals surface area contributed by atoms with E-state index in [0.717, 1.165) is 11.8 Å². The molecule has 1 fully saturated rings. The molecule has 0 heterocycles. The summed E-state index contributed by atoms with van der Waals surface area (Å²) in [6.07, 6.45) is 5.55. The summed E-state index contributed by atoms with van der Waals surface area (Å²) in [5.41, 5.74) is 0. The molecule has 0 aliphatic heterocycles. The molecule has 0 radical (unpaired) electrons. The largest absolute Gasteiger partial charge is 0.123 e. The predicted octanol–water partition coefficient (Wildman–Crippen LogP) is 3.44.